The molecule has 0 radical (unpaired) electrons. The van der Waals surface area contributed by atoms with Gasteiger partial charge in [0.05, 0.1) is 10.9 Å². The summed E-state index contributed by atoms with van der Waals surface area (Å²) in [4.78, 5) is 21.5. The molecule has 0 aliphatic carbocycles. The fourth-order valence-electron chi connectivity index (χ4n) is 3.77. The van der Waals surface area contributed by atoms with Gasteiger partial charge in [0.25, 0.3) is 5.91 Å². The van der Waals surface area contributed by atoms with Crippen LogP contribution in [0.2, 0.25) is 0 Å². The van der Waals surface area contributed by atoms with Crippen molar-refractivity contribution in [3.05, 3.63) is 65.5 Å². The van der Waals surface area contributed by atoms with Gasteiger partial charge in [-0.2, -0.15) is 4.98 Å². The second kappa shape index (κ2) is 9.42. The smallest absolute Gasteiger partial charge is 0.253 e. The van der Waals surface area contributed by atoms with Crippen molar-refractivity contribution in [3.8, 4) is 11.4 Å². The van der Waals surface area contributed by atoms with E-state index < -0.39 is 10.0 Å². The van der Waals surface area contributed by atoms with Gasteiger partial charge in [0.15, 0.2) is 0 Å². The number of nitrogens with one attached hydrogen (secondary N) is 1. The molecule has 1 atom stereocenters. The van der Waals surface area contributed by atoms with Crippen molar-refractivity contribution in [1.29, 1.82) is 0 Å². The first-order valence-corrected chi connectivity index (χ1v) is 12.2. The van der Waals surface area contributed by atoms with Crippen molar-refractivity contribution in [3.63, 3.8) is 0 Å². The van der Waals surface area contributed by atoms with Crippen LogP contribution in [0.5, 0.6) is 0 Å². The zero-order chi connectivity index (χ0) is 23.6. The molecule has 0 bridgehead atoms. The first-order chi connectivity index (χ1) is 15.8. The largest absolute Gasteiger partial charge is 0.337 e. The van der Waals surface area contributed by atoms with Gasteiger partial charge in [0.1, 0.15) is 0 Å². The van der Waals surface area contributed by atoms with E-state index in [4.69, 9.17) is 4.52 Å². The normalized spacial score (nSPS) is 16.0. The highest BCUT2D eigenvalue weighted by Gasteiger charge is 2.28. The molecule has 0 spiro atoms. The average molecular weight is 470 g/mol. The standard InChI is InChI=1S/C23H27N5O4S/c1-16-4-6-18(7-5-16)21-25-22(32-26-21)17(2)27-12-14-28(15-13-27)23(29)19-8-10-20(11-9-19)33(30,31)24-3/h4-11,17,24H,12-15H2,1-3H3. The lowest BCUT2D eigenvalue weighted by Crippen LogP contribution is -2.49. The maximum atomic E-state index is 12.9. The molecule has 10 heteroatoms. The van der Waals surface area contributed by atoms with Crippen molar-refractivity contribution in [2.24, 2.45) is 0 Å². The Labute approximate surface area is 193 Å². The molecule has 3 aromatic rings. The maximum absolute atomic E-state index is 12.9. The number of amides is 1. The van der Waals surface area contributed by atoms with Crippen LogP contribution in [0.3, 0.4) is 0 Å². The van der Waals surface area contributed by atoms with Crippen LogP contribution in [0.15, 0.2) is 57.9 Å². The summed E-state index contributed by atoms with van der Waals surface area (Å²) in [6.45, 7) is 6.49. The Bertz CT molecular complexity index is 1210. The molecule has 33 heavy (non-hydrogen) atoms. The highest BCUT2D eigenvalue weighted by molar-refractivity contribution is 7.89. The van der Waals surface area contributed by atoms with Crippen LogP contribution in [0.4, 0.5) is 0 Å². The Hall–Kier alpha value is -3.08. The van der Waals surface area contributed by atoms with Gasteiger partial charge in [0, 0.05) is 37.3 Å². The summed E-state index contributed by atoms with van der Waals surface area (Å²) in [7, 11) is -2.17. The third-order valence-electron chi connectivity index (χ3n) is 5.94. The van der Waals surface area contributed by atoms with Crippen molar-refractivity contribution < 1.29 is 17.7 Å². The number of nitrogens with zero attached hydrogens (tertiary/aromatic N) is 4. The van der Waals surface area contributed by atoms with E-state index in [-0.39, 0.29) is 16.8 Å². The summed E-state index contributed by atoms with van der Waals surface area (Å²) in [6.07, 6.45) is 0. The van der Waals surface area contributed by atoms with E-state index in [2.05, 4.69) is 19.8 Å². The SMILES string of the molecule is CNS(=O)(=O)c1ccc(C(=O)N2CCN(C(C)c3nc(-c4ccc(C)cc4)no3)CC2)cc1. The topological polar surface area (TPSA) is 109 Å². The second-order valence-electron chi connectivity index (χ2n) is 8.06. The number of piperazine rings is 1. The van der Waals surface area contributed by atoms with E-state index in [0.717, 1.165) is 5.56 Å². The molecule has 1 aliphatic rings. The lowest BCUT2D eigenvalue weighted by molar-refractivity contribution is 0.0551. The highest BCUT2D eigenvalue weighted by atomic mass is 32.2. The van der Waals surface area contributed by atoms with Gasteiger partial charge >= 0.3 is 0 Å². The molecule has 0 saturated carbocycles. The predicted octanol–water partition coefficient (Wildman–Crippen LogP) is 2.47. The summed E-state index contributed by atoms with van der Waals surface area (Å²) >= 11 is 0. The predicted molar refractivity (Wildman–Crippen MR) is 123 cm³/mol. The molecule has 1 amide bonds. The molecule has 1 saturated heterocycles. The lowest BCUT2D eigenvalue weighted by atomic mass is 10.1. The number of hydrogen-bond acceptors (Lipinski definition) is 7. The van der Waals surface area contributed by atoms with E-state index in [1.807, 2.05) is 38.1 Å². The maximum Gasteiger partial charge on any atom is 0.253 e. The molecule has 9 nitrogen and oxygen atoms in total. The molecule has 1 aliphatic heterocycles. The van der Waals surface area contributed by atoms with E-state index in [0.29, 0.717) is 43.5 Å². The summed E-state index contributed by atoms with van der Waals surface area (Å²) in [5.41, 5.74) is 2.54. The van der Waals surface area contributed by atoms with Crippen LogP contribution in [0.25, 0.3) is 11.4 Å². The Kier molecular flexibility index (Phi) is 6.59. The molecule has 1 unspecified atom stereocenters. The quantitative estimate of drug-likeness (QED) is 0.591. The second-order valence-corrected chi connectivity index (χ2v) is 9.94. The minimum Gasteiger partial charge on any atom is -0.337 e. The highest BCUT2D eigenvalue weighted by Crippen LogP contribution is 2.24. The zero-order valence-corrected chi connectivity index (χ0v) is 19.7. The van der Waals surface area contributed by atoms with Crippen LogP contribution in [0, 0.1) is 6.92 Å². The van der Waals surface area contributed by atoms with Gasteiger partial charge in [0.2, 0.25) is 21.7 Å². The first kappa shape index (κ1) is 23.1. The van der Waals surface area contributed by atoms with Gasteiger partial charge in [-0.3, -0.25) is 9.69 Å². The summed E-state index contributed by atoms with van der Waals surface area (Å²) in [5.74, 6) is 0.997. The van der Waals surface area contributed by atoms with Crippen LogP contribution in [-0.2, 0) is 10.0 Å². The Morgan fingerprint density at radius 3 is 2.27 bits per heavy atom. The van der Waals surface area contributed by atoms with Gasteiger partial charge in [-0.1, -0.05) is 35.0 Å². The molecule has 174 valence electrons. The lowest BCUT2D eigenvalue weighted by Gasteiger charge is -2.36. The third kappa shape index (κ3) is 4.97. The van der Waals surface area contributed by atoms with Crippen molar-refractivity contribution in [2.75, 3.05) is 33.2 Å². The van der Waals surface area contributed by atoms with E-state index in [1.54, 1.807) is 17.0 Å². The third-order valence-corrected chi connectivity index (χ3v) is 7.37. The molecule has 1 fully saturated rings. The van der Waals surface area contributed by atoms with E-state index in [1.165, 1.54) is 24.7 Å². The van der Waals surface area contributed by atoms with Gasteiger partial charge in [-0.25, -0.2) is 13.1 Å². The van der Waals surface area contributed by atoms with Crippen molar-refractivity contribution in [1.82, 2.24) is 24.7 Å². The molecule has 2 heterocycles. The van der Waals surface area contributed by atoms with E-state index >= 15 is 0 Å². The van der Waals surface area contributed by atoms with Crippen LogP contribution in [0.1, 0.15) is 34.8 Å². The minimum atomic E-state index is -3.53. The fourth-order valence-corrected chi connectivity index (χ4v) is 4.50. The summed E-state index contributed by atoms with van der Waals surface area (Å²) in [5, 5.41) is 4.12. The Balaban J connectivity index is 1.36. The fraction of sp³-hybridized carbons (Fsp3) is 0.348. The molecule has 2 aromatic carbocycles. The molecule has 1 aromatic heterocycles. The van der Waals surface area contributed by atoms with Crippen LogP contribution in [-0.4, -0.2) is 67.5 Å². The number of hydrogen-bond donors (Lipinski definition) is 1. The van der Waals surface area contributed by atoms with Crippen LogP contribution >= 0.6 is 0 Å². The van der Waals surface area contributed by atoms with Crippen LogP contribution < -0.4 is 4.72 Å². The number of carbonyl (C=O) groups excluding carboxylic acids is 1. The average Bonchev–Trinajstić information content (AvgIpc) is 3.34. The number of aryl methyl sites for hydroxylation is 1. The molecular weight excluding hydrogens is 442 g/mol. The number of rotatable bonds is 6. The van der Waals surface area contributed by atoms with Gasteiger partial charge < -0.3 is 9.42 Å². The number of aromatic nitrogens is 2. The van der Waals surface area contributed by atoms with Gasteiger partial charge in [-0.15, -0.1) is 0 Å². The zero-order valence-electron chi connectivity index (χ0n) is 18.9. The minimum absolute atomic E-state index is 0.0695. The van der Waals surface area contributed by atoms with Crippen molar-refractivity contribution >= 4 is 15.9 Å². The van der Waals surface area contributed by atoms with Gasteiger partial charge in [-0.05, 0) is 45.2 Å². The number of sulfonamides is 1. The summed E-state index contributed by atoms with van der Waals surface area (Å²) < 4.78 is 31.5. The first-order valence-electron chi connectivity index (χ1n) is 10.8. The number of benzene rings is 2. The molecule has 4 rings (SSSR count). The number of carbonyl (C=O) groups is 1. The van der Waals surface area contributed by atoms with E-state index in [9.17, 15) is 13.2 Å². The Morgan fingerprint density at radius 1 is 1.03 bits per heavy atom. The molecule has 1 N–H and O–H groups in total. The molecular formula is C23H27N5O4S. The monoisotopic (exact) mass is 469 g/mol. The van der Waals surface area contributed by atoms with Crippen molar-refractivity contribution in [2.45, 2.75) is 24.8 Å². The summed E-state index contributed by atoms with van der Waals surface area (Å²) in [6, 6.07) is 13.9. The Morgan fingerprint density at radius 2 is 1.67 bits per heavy atom.